The van der Waals surface area contributed by atoms with Crippen molar-refractivity contribution in [2.24, 2.45) is 7.05 Å². The number of carbonyl (C=O) groups is 1. The third-order valence-corrected chi connectivity index (χ3v) is 6.47. The lowest BCUT2D eigenvalue weighted by molar-refractivity contribution is -0.384. The molecule has 2 aromatic heterocycles. The first-order valence-electron chi connectivity index (χ1n) is 11.1. The highest BCUT2D eigenvalue weighted by Gasteiger charge is 2.39. The number of hydrogen-bond donors (Lipinski definition) is 1. The summed E-state index contributed by atoms with van der Waals surface area (Å²) in [5.74, 6) is 1.86. The molecule has 1 atom stereocenters. The lowest BCUT2D eigenvalue weighted by Gasteiger charge is -2.31. The van der Waals surface area contributed by atoms with Crippen LogP contribution in [0, 0.1) is 10.1 Å². The number of anilines is 1. The number of hydrogen-bond acceptors (Lipinski definition) is 7. The van der Waals surface area contributed by atoms with Gasteiger partial charge in [0.15, 0.2) is 11.6 Å². The molecule has 0 bridgehead atoms. The molecule has 2 aliphatic rings. The van der Waals surface area contributed by atoms with Crippen LogP contribution in [0.1, 0.15) is 42.5 Å². The van der Waals surface area contributed by atoms with Crippen LogP contribution in [0.15, 0.2) is 59.8 Å². The molecular weight excluding hydrogens is 434 g/mol. The van der Waals surface area contributed by atoms with E-state index < -0.39 is 11.0 Å². The summed E-state index contributed by atoms with van der Waals surface area (Å²) in [6.45, 7) is 0. The lowest BCUT2D eigenvalue weighted by Crippen LogP contribution is -2.33. The van der Waals surface area contributed by atoms with Crippen molar-refractivity contribution in [2.45, 2.75) is 31.7 Å². The fourth-order valence-electron chi connectivity index (χ4n) is 4.86. The number of rotatable bonds is 4. The van der Waals surface area contributed by atoms with Crippen molar-refractivity contribution in [2.75, 3.05) is 5.32 Å². The molecule has 0 spiro atoms. The van der Waals surface area contributed by atoms with Crippen molar-refractivity contribution in [1.29, 1.82) is 0 Å². The van der Waals surface area contributed by atoms with Gasteiger partial charge in [-0.1, -0.05) is 30.3 Å². The molecule has 3 heterocycles. The molecule has 0 saturated heterocycles. The average molecular weight is 455 g/mol. The Morgan fingerprint density at radius 1 is 1.15 bits per heavy atom. The number of fused-ring (bicyclic) bond motifs is 2. The highest BCUT2D eigenvalue weighted by Crippen LogP contribution is 2.40. The van der Waals surface area contributed by atoms with Gasteiger partial charge in [-0.3, -0.25) is 14.9 Å². The Balaban J connectivity index is 1.51. The van der Waals surface area contributed by atoms with E-state index in [-0.39, 0.29) is 11.5 Å². The summed E-state index contributed by atoms with van der Waals surface area (Å²) in [4.78, 5) is 33.4. The lowest BCUT2D eigenvalue weighted by atomic mass is 9.88. The molecule has 0 radical (unpaired) electrons. The van der Waals surface area contributed by atoms with Crippen molar-refractivity contribution in [3.8, 4) is 0 Å². The summed E-state index contributed by atoms with van der Waals surface area (Å²) in [7, 11) is 1.85. The molecule has 6 rings (SSSR count). The molecular formula is C24H21N7O3. The maximum Gasteiger partial charge on any atom is 0.271 e. The Morgan fingerprint density at radius 3 is 2.76 bits per heavy atom. The molecule has 34 heavy (non-hydrogen) atoms. The number of Topliss-reactive ketones (excluding diaryl/α,β-unsaturated/α-hetero) is 1. The topological polar surface area (TPSA) is 121 Å². The number of nitro groups is 1. The third-order valence-electron chi connectivity index (χ3n) is 6.47. The third kappa shape index (κ3) is 3.18. The molecule has 0 saturated carbocycles. The van der Waals surface area contributed by atoms with E-state index in [1.807, 2.05) is 41.9 Å². The number of nitrogens with zero attached hydrogens (tertiary/aromatic N) is 6. The van der Waals surface area contributed by atoms with Crippen LogP contribution in [-0.4, -0.2) is 35.0 Å². The monoisotopic (exact) mass is 455 g/mol. The van der Waals surface area contributed by atoms with Crippen molar-refractivity contribution in [1.82, 2.24) is 24.3 Å². The van der Waals surface area contributed by atoms with Gasteiger partial charge in [0, 0.05) is 43.3 Å². The Labute approximate surface area is 194 Å². The van der Waals surface area contributed by atoms with Gasteiger partial charge >= 0.3 is 0 Å². The number of nitro benzene ring substituents is 1. The highest BCUT2D eigenvalue weighted by molar-refractivity contribution is 5.99. The number of aromatic nitrogens is 5. The molecule has 4 aromatic rings. The van der Waals surface area contributed by atoms with Crippen LogP contribution in [0.3, 0.4) is 0 Å². The van der Waals surface area contributed by atoms with E-state index in [1.165, 1.54) is 12.1 Å². The van der Waals surface area contributed by atoms with Crippen LogP contribution in [-0.2, 0) is 18.3 Å². The van der Waals surface area contributed by atoms with E-state index in [4.69, 9.17) is 15.1 Å². The van der Waals surface area contributed by atoms with Crippen molar-refractivity contribution in [3.63, 3.8) is 0 Å². The fourth-order valence-corrected chi connectivity index (χ4v) is 4.86. The zero-order valence-corrected chi connectivity index (χ0v) is 18.4. The molecule has 0 fully saturated rings. The fraction of sp³-hybridized carbons (Fsp3) is 0.250. The molecule has 2 aromatic carbocycles. The maximum atomic E-state index is 13.1. The Hall–Kier alpha value is -4.34. The summed E-state index contributed by atoms with van der Waals surface area (Å²) in [6.07, 6.45) is 2.54. The van der Waals surface area contributed by atoms with E-state index in [9.17, 15) is 14.9 Å². The number of carbonyl (C=O) groups excluding carboxylic acids is 1. The highest BCUT2D eigenvalue weighted by atomic mass is 16.6. The van der Waals surface area contributed by atoms with Gasteiger partial charge in [-0.05, 0) is 24.5 Å². The average Bonchev–Trinajstić information content (AvgIpc) is 3.38. The Morgan fingerprint density at radius 2 is 1.97 bits per heavy atom. The zero-order valence-electron chi connectivity index (χ0n) is 18.4. The second-order valence-electron chi connectivity index (χ2n) is 8.61. The van der Waals surface area contributed by atoms with Crippen LogP contribution in [0.5, 0.6) is 0 Å². The van der Waals surface area contributed by atoms with E-state index in [0.29, 0.717) is 41.5 Å². The number of aryl methyl sites for hydroxylation is 1. The molecule has 1 N–H and O–H groups in total. The largest absolute Gasteiger partial charge is 0.329 e. The van der Waals surface area contributed by atoms with Crippen molar-refractivity contribution >= 4 is 28.5 Å². The maximum absolute atomic E-state index is 13.1. The molecule has 0 amide bonds. The minimum Gasteiger partial charge on any atom is -0.329 e. The van der Waals surface area contributed by atoms with Gasteiger partial charge < -0.3 is 9.88 Å². The van der Waals surface area contributed by atoms with Gasteiger partial charge in [0.25, 0.3) is 5.69 Å². The van der Waals surface area contributed by atoms with Gasteiger partial charge in [-0.2, -0.15) is 10.1 Å². The minimum absolute atomic E-state index is 0.0253. The van der Waals surface area contributed by atoms with E-state index in [1.54, 1.807) is 10.7 Å². The normalized spacial score (nSPS) is 17.4. The summed E-state index contributed by atoms with van der Waals surface area (Å²) in [5, 5.41) is 19.4. The summed E-state index contributed by atoms with van der Waals surface area (Å²) < 4.78 is 3.61. The first-order chi connectivity index (χ1) is 16.5. The smallest absolute Gasteiger partial charge is 0.271 e. The molecule has 10 heteroatoms. The number of nitrogens with one attached hydrogen (secondary N) is 1. The molecule has 1 aliphatic carbocycles. The van der Waals surface area contributed by atoms with Gasteiger partial charge in [0.2, 0.25) is 5.95 Å². The first kappa shape index (κ1) is 20.3. The van der Waals surface area contributed by atoms with Crippen LogP contribution in [0.2, 0.25) is 0 Å². The van der Waals surface area contributed by atoms with E-state index in [2.05, 4.69) is 5.32 Å². The number of allylic oxidation sites excluding steroid dienone is 2. The van der Waals surface area contributed by atoms with Gasteiger partial charge in [0.05, 0.1) is 16.0 Å². The van der Waals surface area contributed by atoms with Crippen LogP contribution in [0.4, 0.5) is 11.6 Å². The number of non-ortho nitro benzene ring substituents is 1. The number of imidazole rings is 1. The van der Waals surface area contributed by atoms with Gasteiger partial charge in [-0.25, -0.2) is 9.67 Å². The molecule has 170 valence electrons. The second kappa shape index (κ2) is 7.62. The van der Waals surface area contributed by atoms with E-state index >= 15 is 0 Å². The Kier molecular flexibility index (Phi) is 4.54. The Bertz CT molecular complexity index is 1500. The predicted octanol–water partition coefficient (Wildman–Crippen LogP) is 3.69. The summed E-state index contributed by atoms with van der Waals surface area (Å²) in [6, 6.07) is 14.0. The summed E-state index contributed by atoms with van der Waals surface area (Å²) >= 11 is 0. The SMILES string of the molecule is Cn1c(C2C3=C(CCCC3=O)Nc3nc(Cc4ccccc4)nn32)nc2cc([N+](=O)[O-])ccc21. The van der Waals surface area contributed by atoms with Crippen molar-refractivity contribution in [3.05, 3.63) is 87.1 Å². The first-order valence-corrected chi connectivity index (χ1v) is 11.1. The van der Waals surface area contributed by atoms with Gasteiger partial charge in [-0.15, -0.1) is 0 Å². The van der Waals surface area contributed by atoms with Gasteiger partial charge in [0.1, 0.15) is 11.9 Å². The van der Waals surface area contributed by atoms with Crippen molar-refractivity contribution < 1.29 is 9.72 Å². The minimum atomic E-state index is -0.562. The predicted molar refractivity (Wildman–Crippen MR) is 124 cm³/mol. The molecule has 10 nitrogen and oxygen atoms in total. The second-order valence-corrected chi connectivity index (χ2v) is 8.61. The van der Waals surface area contributed by atoms with Crippen LogP contribution >= 0.6 is 0 Å². The van der Waals surface area contributed by atoms with Crippen LogP contribution in [0.25, 0.3) is 11.0 Å². The zero-order chi connectivity index (χ0) is 23.4. The van der Waals surface area contributed by atoms with Crippen LogP contribution < -0.4 is 5.32 Å². The van der Waals surface area contributed by atoms with E-state index in [0.717, 1.165) is 29.6 Å². The summed E-state index contributed by atoms with van der Waals surface area (Å²) in [5.41, 5.74) is 3.80. The molecule has 1 unspecified atom stereocenters. The standard InChI is InChI=1S/C24H21N7O3/c1-29-18-11-10-15(31(33)34)13-17(18)25-23(29)22-21-16(8-5-9-19(21)32)26-24-27-20(28-30(22)24)12-14-6-3-2-4-7-14/h2-4,6-7,10-11,13,22H,5,8-9,12H2,1H3,(H,26,27,28). The number of benzene rings is 2. The number of ketones is 1. The quantitative estimate of drug-likeness (QED) is 0.368. The molecule has 1 aliphatic heterocycles.